The molecule has 1 saturated carbocycles. The molecule has 4 rings (SSSR count). The summed E-state index contributed by atoms with van der Waals surface area (Å²) in [5.41, 5.74) is 2.88. The topological polar surface area (TPSA) is 32.3 Å². The van der Waals surface area contributed by atoms with Crippen LogP contribution in [0.4, 0.5) is 0 Å². The second-order valence-electron chi connectivity index (χ2n) is 8.10. The lowest BCUT2D eigenvalue weighted by atomic mass is 9.84. The fourth-order valence-electron chi connectivity index (χ4n) is 4.45. The van der Waals surface area contributed by atoms with Crippen molar-refractivity contribution in [3.05, 3.63) is 64.4 Å². The monoisotopic (exact) mass is 394 g/mol. The number of amides is 1. The van der Waals surface area contributed by atoms with Gasteiger partial charge in [0, 0.05) is 19.1 Å². The van der Waals surface area contributed by atoms with Gasteiger partial charge in [-0.2, -0.15) is 0 Å². The third-order valence-corrected chi connectivity index (χ3v) is 7.09. The van der Waals surface area contributed by atoms with Crippen molar-refractivity contribution in [1.29, 1.82) is 0 Å². The van der Waals surface area contributed by atoms with E-state index in [4.69, 9.17) is 0 Å². The van der Waals surface area contributed by atoms with Crippen LogP contribution in [0.5, 0.6) is 0 Å². The van der Waals surface area contributed by atoms with E-state index in [0.717, 1.165) is 36.6 Å². The molecule has 2 aliphatic rings. The molecule has 0 bridgehead atoms. The molecular weight excluding hydrogens is 364 g/mol. The summed E-state index contributed by atoms with van der Waals surface area (Å²) in [4.78, 5) is 15.6. The summed E-state index contributed by atoms with van der Waals surface area (Å²) in [5, 5.41) is 5.18. The second kappa shape index (κ2) is 9.53. The number of nitrogens with one attached hydrogen (secondary N) is 1. The summed E-state index contributed by atoms with van der Waals surface area (Å²) in [6.45, 7) is 3.46. The molecule has 28 heavy (non-hydrogen) atoms. The van der Waals surface area contributed by atoms with E-state index < -0.39 is 0 Å². The average molecular weight is 395 g/mol. The van der Waals surface area contributed by atoms with Crippen LogP contribution in [0.25, 0.3) is 5.57 Å². The average Bonchev–Trinajstić information content (AvgIpc) is 3.29. The lowest BCUT2D eigenvalue weighted by Gasteiger charge is -2.32. The number of carbonyl (C=O) groups is 1. The molecule has 0 atom stereocenters. The normalized spacial score (nSPS) is 23.2. The van der Waals surface area contributed by atoms with Gasteiger partial charge in [0.15, 0.2) is 0 Å². The number of hydrogen-bond donors (Lipinski definition) is 1. The van der Waals surface area contributed by atoms with Crippen molar-refractivity contribution in [1.82, 2.24) is 10.2 Å². The molecule has 0 unspecified atom stereocenters. The van der Waals surface area contributed by atoms with E-state index in [9.17, 15) is 4.79 Å². The molecule has 4 heteroatoms. The van der Waals surface area contributed by atoms with E-state index in [1.54, 1.807) is 0 Å². The maximum absolute atomic E-state index is 12.2. The molecule has 2 aromatic rings. The quantitative estimate of drug-likeness (QED) is 0.729. The minimum absolute atomic E-state index is 0.104. The van der Waals surface area contributed by atoms with Crippen molar-refractivity contribution in [2.45, 2.75) is 44.6 Å². The van der Waals surface area contributed by atoms with Crippen molar-refractivity contribution < 1.29 is 4.79 Å². The van der Waals surface area contributed by atoms with E-state index in [-0.39, 0.29) is 5.91 Å². The van der Waals surface area contributed by atoms with E-state index in [1.807, 2.05) is 17.5 Å². The van der Waals surface area contributed by atoms with Crippen LogP contribution in [-0.4, -0.2) is 36.5 Å². The van der Waals surface area contributed by atoms with Crippen LogP contribution in [0.15, 0.2) is 53.9 Å². The third-order valence-electron chi connectivity index (χ3n) is 6.22. The number of hydrogen-bond acceptors (Lipinski definition) is 3. The summed E-state index contributed by atoms with van der Waals surface area (Å²) in [7, 11) is 0. The van der Waals surface area contributed by atoms with Gasteiger partial charge in [-0.15, -0.1) is 11.3 Å². The van der Waals surface area contributed by atoms with E-state index in [0.29, 0.717) is 6.04 Å². The van der Waals surface area contributed by atoms with E-state index in [2.05, 4.69) is 46.6 Å². The van der Waals surface area contributed by atoms with Crippen molar-refractivity contribution in [3.8, 4) is 0 Å². The zero-order valence-corrected chi connectivity index (χ0v) is 17.3. The van der Waals surface area contributed by atoms with Gasteiger partial charge >= 0.3 is 0 Å². The van der Waals surface area contributed by atoms with Crippen LogP contribution in [0.1, 0.15) is 53.8 Å². The minimum Gasteiger partial charge on any atom is -0.349 e. The molecule has 148 valence electrons. The Morgan fingerprint density at radius 2 is 1.89 bits per heavy atom. The Hall–Kier alpha value is -1.91. The molecule has 1 amide bonds. The van der Waals surface area contributed by atoms with Gasteiger partial charge in [0.1, 0.15) is 0 Å². The SMILES string of the molecule is O=C(N[C@H]1CC[C@H](CCN2CC=C(c3ccccc3)CC2)CC1)c1cccs1. The molecule has 1 aliphatic heterocycles. The van der Waals surface area contributed by atoms with Gasteiger partial charge in [0.05, 0.1) is 4.88 Å². The fraction of sp³-hybridized carbons (Fsp3) is 0.458. The molecule has 0 spiro atoms. The number of thiophene rings is 1. The van der Waals surface area contributed by atoms with Crippen LogP contribution in [0.2, 0.25) is 0 Å². The lowest BCUT2D eigenvalue weighted by molar-refractivity contribution is 0.0924. The molecule has 1 aromatic heterocycles. The van der Waals surface area contributed by atoms with Crippen LogP contribution in [0.3, 0.4) is 0 Å². The fourth-order valence-corrected chi connectivity index (χ4v) is 5.08. The standard InChI is InChI=1S/C24H30N2OS/c27-24(23-7-4-18-28-23)25-22-10-8-19(9-11-22)12-15-26-16-13-21(14-17-26)20-5-2-1-3-6-20/h1-7,13,18-19,22H,8-12,14-17H2,(H,25,27)/t19-,22-. The van der Waals surface area contributed by atoms with Gasteiger partial charge in [-0.25, -0.2) is 0 Å². The highest BCUT2D eigenvalue weighted by atomic mass is 32.1. The number of nitrogens with zero attached hydrogens (tertiary/aromatic N) is 1. The summed E-state index contributed by atoms with van der Waals surface area (Å²) in [5.74, 6) is 0.919. The number of rotatable bonds is 6. The first-order valence-corrected chi connectivity index (χ1v) is 11.5. The van der Waals surface area contributed by atoms with Crippen molar-refractivity contribution in [2.24, 2.45) is 5.92 Å². The Morgan fingerprint density at radius 3 is 2.57 bits per heavy atom. The summed E-state index contributed by atoms with van der Waals surface area (Å²) in [6, 6.07) is 15.0. The van der Waals surface area contributed by atoms with Gasteiger partial charge in [0.2, 0.25) is 0 Å². The van der Waals surface area contributed by atoms with Gasteiger partial charge < -0.3 is 5.32 Å². The second-order valence-corrected chi connectivity index (χ2v) is 9.05. The smallest absolute Gasteiger partial charge is 0.261 e. The number of carbonyl (C=O) groups excluding carboxylic acids is 1. The van der Waals surface area contributed by atoms with Crippen molar-refractivity contribution >= 4 is 22.8 Å². The predicted molar refractivity (Wildman–Crippen MR) is 118 cm³/mol. The van der Waals surface area contributed by atoms with Crippen molar-refractivity contribution in [3.63, 3.8) is 0 Å². The highest BCUT2D eigenvalue weighted by Crippen LogP contribution is 2.28. The van der Waals surface area contributed by atoms with Gasteiger partial charge in [-0.1, -0.05) is 42.5 Å². The van der Waals surface area contributed by atoms with Gasteiger partial charge in [-0.3, -0.25) is 9.69 Å². The number of benzene rings is 1. The molecule has 1 fully saturated rings. The maximum Gasteiger partial charge on any atom is 0.261 e. The first kappa shape index (κ1) is 19.4. The Labute approximate surface area is 172 Å². The molecule has 0 saturated heterocycles. The molecular formula is C24H30N2OS. The summed E-state index contributed by atoms with van der Waals surface area (Å²) < 4.78 is 0. The highest BCUT2D eigenvalue weighted by molar-refractivity contribution is 7.12. The first-order valence-electron chi connectivity index (χ1n) is 10.6. The van der Waals surface area contributed by atoms with E-state index in [1.165, 1.54) is 54.8 Å². The Morgan fingerprint density at radius 1 is 1.07 bits per heavy atom. The molecule has 2 heterocycles. The third kappa shape index (κ3) is 5.12. The highest BCUT2D eigenvalue weighted by Gasteiger charge is 2.23. The van der Waals surface area contributed by atoms with Crippen LogP contribution < -0.4 is 5.32 Å². The minimum atomic E-state index is 0.104. The Balaban J connectivity index is 1.16. The maximum atomic E-state index is 12.2. The van der Waals surface area contributed by atoms with Crippen LogP contribution >= 0.6 is 11.3 Å². The molecule has 1 N–H and O–H groups in total. The zero-order valence-electron chi connectivity index (χ0n) is 16.5. The Bertz CT molecular complexity index is 776. The molecule has 3 nitrogen and oxygen atoms in total. The first-order chi connectivity index (χ1) is 13.8. The predicted octanol–water partition coefficient (Wildman–Crippen LogP) is 5.22. The molecule has 1 aliphatic carbocycles. The van der Waals surface area contributed by atoms with Gasteiger partial charge in [0.25, 0.3) is 5.91 Å². The summed E-state index contributed by atoms with van der Waals surface area (Å²) in [6.07, 6.45) is 9.60. The Kier molecular flexibility index (Phi) is 6.61. The van der Waals surface area contributed by atoms with E-state index >= 15 is 0 Å². The zero-order chi connectivity index (χ0) is 19.2. The summed E-state index contributed by atoms with van der Waals surface area (Å²) >= 11 is 1.52. The lowest BCUT2D eigenvalue weighted by Crippen LogP contribution is -2.38. The van der Waals surface area contributed by atoms with Crippen LogP contribution in [0, 0.1) is 5.92 Å². The molecule has 0 radical (unpaired) electrons. The van der Waals surface area contributed by atoms with Gasteiger partial charge in [-0.05, 0) is 73.6 Å². The van der Waals surface area contributed by atoms with Crippen LogP contribution in [-0.2, 0) is 0 Å². The van der Waals surface area contributed by atoms with Crippen molar-refractivity contribution in [2.75, 3.05) is 19.6 Å². The molecule has 1 aromatic carbocycles. The largest absolute Gasteiger partial charge is 0.349 e.